The van der Waals surface area contributed by atoms with Gasteiger partial charge in [0.15, 0.2) is 5.66 Å². The highest BCUT2D eigenvalue weighted by Crippen LogP contribution is 2.52. The molecule has 6 heteroatoms. The van der Waals surface area contributed by atoms with Crippen molar-refractivity contribution < 1.29 is 24.3 Å². The Labute approximate surface area is 83.3 Å². The van der Waals surface area contributed by atoms with Crippen LogP contribution in [-0.2, 0) is 9.36 Å². The van der Waals surface area contributed by atoms with Crippen molar-refractivity contribution >= 4 is 13.6 Å². The van der Waals surface area contributed by atoms with Crippen molar-refractivity contribution in [2.24, 2.45) is 5.41 Å². The summed E-state index contributed by atoms with van der Waals surface area (Å²) in [6, 6.07) is 0. The second-order valence-electron chi connectivity index (χ2n) is 3.69. The maximum absolute atomic E-state index is 11.1. The molecule has 0 aliphatic carbocycles. The monoisotopic (exact) mass is 224 g/mol. The van der Waals surface area contributed by atoms with Gasteiger partial charge in [0.2, 0.25) is 0 Å². The van der Waals surface area contributed by atoms with Gasteiger partial charge < -0.3 is 14.9 Å². The zero-order valence-electron chi connectivity index (χ0n) is 8.60. The topological polar surface area (TPSA) is 94.8 Å². The van der Waals surface area contributed by atoms with E-state index in [0.717, 1.165) is 0 Å². The molecule has 0 aliphatic heterocycles. The molecule has 0 heterocycles. The van der Waals surface area contributed by atoms with Crippen LogP contribution in [0.2, 0.25) is 0 Å². The van der Waals surface area contributed by atoms with Gasteiger partial charge in [-0.1, -0.05) is 20.8 Å². The van der Waals surface area contributed by atoms with Crippen LogP contribution in [-0.4, -0.2) is 26.5 Å². The van der Waals surface area contributed by atoms with Gasteiger partial charge >= 0.3 is 13.6 Å². The summed E-state index contributed by atoms with van der Waals surface area (Å²) in [7, 11) is -4.59. The lowest BCUT2D eigenvalue weighted by atomic mass is 9.81. The molecule has 14 heavy (non-hydrogen) atoms. The normalized spacial score (nSPS) is 15.2. The average molecular weight is 224 g/mol. The molecular weight excluding hydrogens is 207 g/mol. The minimum Gasteiger partial charge on any atom is -0.481 e. The van der Waals surface area contributed by atoms with Gasteiger partial charge in [-0.15, -0.1) is 0 Å². The van der Waals surface area contributed by atoms with Crippen molar-refractivity contribution in [1.29, 1.82) is 0 Å². The zero-order valence-corrected chi connectivity index (χ0v) is 9.49. The van der Waals surface area contributed by atoms with Crippen LogP contribution in [0, 0.1) is 5.41 Å². The van der Waals surface area contributed by atoms with Crippen molar-refractivity contribution in [3.63, 3.8) is 0 Å². The van der Waals surface area contributed by atoms with Crippen LogP contribution in [0.15, 0.2) is 0 Å². The van der Waals surface area contributed by atoms with Gasteiger partial charge in [-0.2, -0.15) is 0 Å². The van der Waals surface area contributed by atoms with E-state index in [-0.39, 0.29) is 0 Å². The summed E-state index contributed by atoms with van der Waals surface area (Å²) in [5.74, 6) is -1.43. The van der Waals surface area contributed by atoms with Crippen LogP contribution < -0.4 is 0 Å². The molecule has 0 amide bonds. The first kappa shape index (κ1) is 13.6. The number of hydrogen-bond donors (Lipinski definition) is 3. The van der Waals surface area contributed by atoms with Gasteiger partial charge in [-0.25, -0.2) is 0 Å². The predicted octanol–water partition coefficient (Wildman–Crippen LogP) is 1.44. The molecule has 0 aromatic heterocycles. The number of aliphatic carboxylic acids is 1. The largest absolute Gasteiger partial charge is 0.481 e. The highest BCUT2D eigenvalue weighted by atomic mass is 31.2. The first-order valence-corrected chi connectivity index (χ1v) is 6.15. The van der Waals surface area contributed by atoms with Gasteiger partial charge in [0.05, 0.1) is 0 Å². The van der Waals surface area contributed by atoms with E-state index in [2.05, 4.69) is 0 Å². The molecule has 0 aromatic carbocycles. The van der Waals surface area contributed by atoms with Crippen molar-refractivity contribution in [3.8, 4) is 0 Å². The molecule has 0 bridgehead atoms. The summed E-state index contributed by atoms with van der Waals surface area (Å²) in [6.07, 6.45) is 0.844. The van der Waals surface area contributed by atoms with E-state index < -0.39 is 24.6 Å². The molecule has 0 saturated carbocycles. The Balaban J connectivity index is 5.21. The fraction of sp³-hybridized carbons (Fsp3) is 0.875. The molecule has 1 unspecified atom stereocenters. The molecule has 0 fully saturated rings. The third-order valence-electron chi connectivity index (χ3n) is 2.85. The van der Waals surface area contributed by atoms with Crippen molar-refractivity contribution in [1.82, 2.24) is 0 Å². The number of carboxylic acids is 1. The van der Waals surface area contributed by atoms with Crippen molar-refractivity contribution in [3.05, 3.63) is 0 Å². The Morgan fingerprint density at radius 3 is 1.79 bits per heavy atom. The number of hydrogen-bond acceptors (Lipinski definition) is 2. The van der Waals surface area contributed by atoms with Gasteiger partial charge in [0.1, 0.15) is 0 Å². The molecule has 0 rings (SSSR count). The highest BCUT2D eigenvalue weighted by molar-refractivity contribution is 7.53. The van der Waals surface area contributed by atoms with Crippen LogP contribution in [0.5, 0.6) is 0 Å². The molecule has 5 nitrogen and oxygen atoms in total. The lowest BCUT2D eigenvalue weighted by molar-refractivity contribution is -0.139. The maximum Gasteiger partial charge on any atom is 0.340 e. The molecule has 1 atom stereocenters. The SMILES string of the molecule is CCC(C)(CC)C(C(=O)O)P(=O)(O)O. The van der Waals surface area contributed by atoms with Gasteiger partial charge in [0.25, 0.3) is 0 Å². The minimum absolute atomic E-state index is 0.422. The predicted molar refractivity (Wildman–Crippen MR) is 52.2 cm³/mol. The van der Waals surface area contributed by atoms with Crippen molar-refractivity contribution in [2.75, 3.05) is 0 Å². The molecule has 84 valence electrons. The fourth-order valence-electron chi connectivity index (χ4n) is 1.48. The Bertz CT molecular complexity index is 252. The van der Waals surface area contributed by atoms with Crippen LogP contribution in [0.25, 0.3) is 0 Å². The summed E-state index contributed by atoms with van der Waals surface area (Å²) < 4.78 is 11.1. The smallest absolute Gasteiger partial charge is 0.340 e. The van der Waals surface area contributed by atoms with Gasteiger partial charge in [-0.3, -0.25) is 9.36 Å². The summed E-state index contributed by atoms with van der Waals surface area (Å²) in [6.45, 7) is 5.05. The molecule has 3 N–H and O–H groups in total. The molecule has 0 aliphatic rings. The van der Waals surface area contributed by atoms with E-state index in [4.69, 9.17) is 14.9 Å². The van der Waals surface area contributed by atoms with Gasteiger partial charge in [-0.05, 0) is 18.3 Å². The fourth-order valence-corrected chi connectivity index (χ4v) is 2.95. The van der Waals surface area contributed by atoms with E-state index in [0.29, 0.717) is 12.8 Å². The third kappa shape index (κ3) is 2.80. The minimum atomic E-state index is -4.59. The number of rotatable bonds is 5. The number of carbonyl (C=O) groups is 1. The molecule has 0 aromatic rings. The second-order valence-corrected chi connectivity index (χ2v) is 5.39. The molecule has 0 spiro atoms. The summed E-state index contributed by atoms with van der Waals surface area (Å²) in [5.41, 5.74) is -2.46. The average Bonchev–Trinajstić information content (AvgIpc) is 2.00. The first-order chi connectivity index (χ1) is 6.19. The van der Waals surface area contributed by atoms with Crippen molar-refractivity contribution in [2.45, 2.75) is 39.3 Å². The van der Waals surface area contributed by atoms with E-state index in [9.17, 15) is 9.36 Å². The standard InChI is InChI=1S/C8H17O5P/c1-4-8(3,5-2)6(7(9)10)14(11,12)13/h6H,4-5H2,1-3H3,(H,9,10)(H2,11,12,13). The number of carboxylic acid groups (broad SMARTS) is 1. The molecular formula is C8H17O5P. The summed E-state index contributed by atoms with van der Waals surface area (Å²) >= 11 is 0. The first-order valence-electron chi connectivity index (χ1n) is 4.47. The Hall–Kier alpha value is -0.380. The Morgan fingerprint density at radius 2 is 1.71 bits per heavy atom. The highest BCUT2D eigenvalue weighted by Gasteiger charge is 2.48. The van der Waals surface area contributed by atoms with Crippen LogP contribution >= 0.6 is 7.60 Å². The zero-order chi connectivity index (χ0) is 11.6. The Kier molecular flexibility index (Phi) is 4.31. The third-order valence-corrected chi connectivity index (χ3v) is 4.36. The van der Waals surface area contributed by atoms with E-state index in [1.165, 1.54) is 0 Å². The lowest BCUT2D eigenvalue weighted by Crippen LogP contribution is -2.37. The van der Waals surface area contributed by atoms with Gasteiger partial charge in [0, 0.05) is 0 Å². The summed E-state index contributed by atoms with van der Waals surface area (Å²) in [5, 5.41) is 8.81. The molecule has 0 saturated heterocycles. The lowest BCUT2D eigenvalue weighted by Gasteiger charge is -2.33. The van der Waals surface area contributed by atoms with Crippen LogP contribution in [0.1, 0.15) is 33.6 Å². The molecule has 0 radical (unpaired) electrons. The van der Waals surface area contributed by atoms with E-state index >= 15 is 0 Å². The van der Waals surface area contributed by atoms with E-state index in [1.807, 2.05) is 0 Å². The van der Waals surface area contributed by atoms with Crippen LogP contribution in [0.4, 0.5) is 0 Å². The summed E-state index contributed by atoms with van der Waals surface area (Å²) in [4.78, 5) is 28.8. The Morgan fingerprint density at radius 1 is 1.36 bits per heavy atom. The quantitative estimate of drug-likeness (QED) is 0.614. The second kappa shape index (κ2) is 4.43. The van der Waals surface area contributed by atoms with Crippen LogP contribution in [0.3, 0.4) is 0 Å². The van der Waals surface area contributed by atoms with E-state index in [1.54, 1.807) is 20.8 Å². The maximum atomic E-state index is 11.1.